The summed E-state index contributed by atoms with van der Waals surface area (Å²) in [5.41, 5.74) is 0. The standard InChI is InChI=1S/C10H16O3/c1-2-13-9(10(11)12)8-6-4-3-5-7-8/h3-4,8-9H,2,5-7H2,1H3,(H,11,12). The molecule has 0 heterocycles. The third-order valence-corrected chi connectivity index (χ3v) is 2.33. The Morgan fingerprint density at radius 1 is 1.69 bits per heavy atom. The van der Waals surface area contributed by atoms with Gasteiger partial charge in [0.15, 0.2) is 6.10 Å². The van der Waals surface area contributed by atoms with Crippen LogP contribution in [0.3, 0.4) is 0 Å². The Bertz CT molecular complexity index is 198. The molecule has 1 rings (SSSR count). The van der Waals surface area contributed by atoms with Crippen LogP contribution in [0.5, 0.6) is 0 Å². The molecule has 1 aliphatic rings. The second-order valence-electron chi connectivity index (χ2n) is 3.26. The first-order chi connectivity index (χ1) is 6.25. The molecule has 1 aliphatic carbocycles. The maximum atomic E-state index is 10.8. The number of rotatable bonds is 4. The molecular weight excluding hydrogens is 168 g/mol. The van der Waals surface area contributed by atoms with E-state index in [9.17, 15) is 4.79 Å². The lowest BCUT2D eigenvalue weighted by Crippen LogP contribution is -2.33. The zero-order chi connectivity index (χ0) is 9.68. The van der Waals surface area contributed by atoms with Gasteiger partial charge in [-0.25, -0.2) is 4.79 Å². The smallest absolute Gasteiger partial charge is 0.333 e. The van der Waals surface area contributed by atoms with Gasteiger partial charge < -0.3 is 9.84 Å². The molecule has 0 saturated heterocycles. The highest BCUT2D eigenvalue weighted by Gasteiger charge is 2.28. The van der Waals surface area contributed by atoms with Gasteiger partial charge in [0.25, 0.3) is 0 Å². The molecule has 0 amide bonds. The molecule has 0 aliphatic heterocycles. The van der Waals surface area contributed by atoms with E-state index in [1.54, 1.807) is 0 Å². The van der Waals surface area contributed by atoms with Gasteiger partial charge in [0.1, 0.15) is 0 Å². The fourth-order valence-corrected chi connectivity index (χ4v) is 1.68. The third kappa shape index (κ3) is 2.84. The molecule has 3 nitrogen and oxygen atoms in total. The van der Waals surface area contributed by atoms with E-state index in [0.29, 0.717) is 6.61 Å². The molecule has 0 aromatic carbocycles. The third-order valence-electron chi connectivity index (χ3n) is 2.33. The predicted octanol–water partition coefficient (Wildman–Crippen LogP) is 1.83. The molecular formula is C10H16O3. The molecule has 74 valence electrons. The summed E-state index contributed by atoms with van der Waals surface area (Å²) in [5, 5.41) is 8.91. The van der Waals surface area contributed by atoms with Crippen LogP contribution in [-0.2, 0) is 9.53 Å². The minimum Gasteiger partial charge on any atom is -0.479 e. The average Bonchev–Trinajstić information content (AvgIpc) is 2.15. The van der Waals surface area contributed by atoms with Gasteiger partial charge in [0.2, 0.25) is 0 Å². The summed E-state index contributed by atoms with van der Waals surface area (Å²) in [6, 6.07) is 0. The summed E-state index contributed by atoms with van der Waals surface area (Å²) in [4.78, 5) is 10.8. The maximum absolute atomic E-state index is 10.8. The van der Waals surface area contributed by atoms with Crippen LogP contribution < -0.4 is 0 Å². The number of aliphatic carboxylic acids is 1. The maximum Gasteiger partial charge on any atom is 0.333 e. The number of allylic oxidation sites excluding steroid dienone is 2. The van der Waals surface area contributed by atoms with Crippen molar-refractivity contribution >= 4 is 5.97 Å². The van der Waals surface area contributed by atoms with Crippen LogP contribution in [0.4, 0.5) is 0 Å². The van der Waals surface area contributed by atoms with E-state index in [1.807, 2.05) is 13.0 Å². The van der Waals surface area contributed by atoms with Crippen LogP contribution in [0.15, 0.2) is 12.2 Å². The molecule has 0 aromatic rings. The molecule has 3 heteroatoms. The lowest BCUT2D eigenvalue weighted by Gasteiger charge is -2.24. The first-order valence-electron chi connectivity index (χ1n) is 4.75. The van der Waals surface area contributed by atoms with Gasteiger partial charge in [-0.2, -0.15) is 0 Å². The van der Waals surface area contributed by atoms with Crippen LogP contribution in [0.1, 0.15) is 26.2 Å². The van der Waals surface area contributed by atoms with Gasteiger partial charge in [-0.05, 0) is 32.1 Å². The second kappa shape index (κ2) is 5.02. The van der Waals surface area contributed by atoms with Gasteiger partial charge in [-0.15, -0.1) is 0 Å². The number of carboxylic acid groups (broad SMARTS) is 1. The normalized spacial score (nSPS) is 24.2. The number of ether oxygens (including phenoxy) is 1. The monoisotopic (exact) mass is 184 g/mol. The SMILES string of the molecule is CCOC(C(=O)O)C1CC=CCC1. The first kappa shape index (κ1) is 10.3. The highest BCUT2D eigenvalue weighted by Crippen LogP contribution is 2.23. The number of carboxylic acids is 1. The van der Waals surface area contributed by atoms with E-state index < -0.39 is 12.1 Å². The summed E-state index contributed by atoms with van der Waals surface area (Å²) in [6.07, 6.45) is 6.26. The van der Waals surface area contributed by atoms with Crippen molar-refractivity contribution in [2.45, 2.75) is 32.3 Å². The van der Waals surface area contributed by atoms with Crippen molar-refractivity contribution in [3.8, 4) is 0 Å². The Morgan fingerprint density at radius 3 is 2.92 bits per heavy atom. The van der Waals surface area contributed by atoms with Gasteiger partial charge >= 0.3 is 5.97 Å². The second-order valence-corrected chi connectivity index (χ2v) is 3.26. The lowest BCUT2D eigenvalue weighted by molar-refractivity contribution is -0.154. The fourth-order valence-electron chi connectivity index (χ4n) is 1.68. The van der Waals surface area contributed by atoms with Crippen molar-refractivity contribution in [2.24, 2.45) is 5.92 Å². The molecule has 0 aromatic heterocycles. The number of carbonyl (C=O) groups is 1. The summed E-state index contributed by atoms with van der Waals surface area (Å²) in [7, 11) is 0. The lowest BCUT2D eigenvalue weighted by atomic mass is 9.89. The van der Waals surface area contributed by atoms with Gasteiger partial charge in [-0.3, -0.25) is 0 Å². The Hall–Kier alpha value is -0.830. The zero-order valence-corrected chi connectivity index (χ0v) is 7.90. The zero-order valence-electron chi connectivity index (χ0n) is 7.90. The Balaban J connectivity index is 2.52. The molecule has 2 unspecified atom stereocenters. The number of hydrogen-bond acceptors (Lipinski definition) is 2. The first-order valence-corrected chi connectivity index (χ1v) is 4.75. The molecule has 0 spiro atoms. The number of hydrogen-bond donors (Lipinski definition) is 1. The molecule has 13 heavy (non-hydrogen) atoms. The summed E-state index contributed by atoms with van der Waals surface area (Å²) < 4.78 is 5.21. The Morgan fingerprint density at radius 2 is 2.46 bits per heavy atom. The van der Waals surface area contributed by atoms with Crippen LogP contribution in [0.25, 0.3) is 0 Å². The molecule has 0 saturated carbocycles. The van der Waals surface area contributed by atoms with Gasteiger partial charge in [-0.1, -0.05) is 12.2 Å². The van der Waals surface area contributed by atoms with Crippen molar-refractivity contribution in [2.75, 3.05) is 6.61 Å². The van der Waals surface area contributed by atoms with Crippen LogP contribution in [0.2, 0.25) is 0 Å². The van der Waals surface area contributed by atoms with E-state index in [-0.39, 0.29) is 5.92 Å². The van der Waals surface area contributed by atoms with E-state index in [0.717, 1.165) is 19.3 Å². The molecule has 2 atom stereocenters. The highest BCUT2D eigenvalue weighted by atomic mass is 16.5. The fraction of sp³-hybridized carbons (Fsp3) is 0.700. The molecule has 1 N–H and O–H groups in total. The van der Waals surface area contributed by atoms with Crippen LogP contribution in [-0.4, -0.2) is 23.8 Å². The van der Waals surface area contributed by atoms with Crippen molar-refractivity contribution in [1.29, 1.82) is 0 Å². The van der Waals surface area contributed by atoms with E-state index in [4.69, 9.17) is 9.84 Å². The van der Waals surface area contributed by atoms with E-state index >= 15 is 0 Å². The van der Waals surface area contributed by atoms with Crippen molar-refractivity contribution in [3.63, 3.8) is 0 Å². The molecule has 0 radical (unpaired) electrons. The van der Waals surface area contributed by atoms with Crippen LogP contribution in [0, 0.1) is 5.92 Å². The minimum atomic E-state index is -0.831. The van der Waals surface area contributed by atoms with Crippen molar-refractivity contribution < 1.29 is 14.6 Å². The minimum absolute atomic E-state index is 0.155. The quantitative estimate of drug-likeness (QED) is 0.678. The van der Waals surface area contributed by atoms with E-state index in [1.165, 1.54) is 0 Å². The van der Waals surface area contributed by atoms with Crippen LogP contribution >= 0.6 is 0 Å². The van der Waals surface area contributed by atoms with Gasteiger partial charge in [0.05, 0.1) is 0 Å². The van der Waals surface area contributed by atoms with Crippen molar-refractivity contribution in [1.82, 2.24) is 0 Å². The summed E-state index contributed by atoms with van der Waals surface area (Å²) >= 11 is 0. The Kier molecular flexibility index (Phi) is 3.96. The Labute approximate surface area is 78.4 Å². The average molecular weight is 184 g/mol. The van der Waals surface area contributed by atoms with Crippen molar-refractivity contribution in [3.05, 3.63) is 12.2 Å². The predicted molar refractivity (Wildman–Crippen MR) is 49.5 cm³/mol. The van der Waals surface area contributed by atoms with Gasteiger partial charge in [0, 0.05) is 6.61 Å². The summed E-state index contributed by atoms with van der Waals surface area (Å²) in [6.45, 7) is 2.30. The largest absolute Gasteiger partial charge is 0.479 e. The highest BCUT2D eigenvalue weighted by molar-refractivity contribution is 5.72. The molecule has 0 bridgehead atoms. The topological polar surface area (TPSA) is 46.5 Å². The summed E-state index contributed by atoms with van der Waals surface area (Å²) in [5.74, 6) is -0.676. The van der Waals surface area contributed by atoms with E-state index in [2.05, 4.69) is 6.08 Å². The molecule has 0 fully saturated rings.